The molecule has 1 aliphatic rings. The van der Waals surface area contributed by atoms with Gasteiger partial charge < -0.3 is 15.0 Å². The number of urea groups is 1. The number of ether oxygens (including phenoxy) is 1. The van der Waals surface area contributed by atoms with Gasteiger partial charge in [-0.05, 0) is 36.8 Å². The van der Waals surface area contributed by atoms with E-state index in [-0.39, 0.29) is 30.8 Å². The van der Waals surface area contributed by atoms with Crippen molar-refractivity contribution in [2.24, 2.45) is 0 Å². The van der Waals surface area contributed by atoms with Crippen LogP contribution < -0.4 is 15.0 Å². The Labute approximate surface area is 197 Å². The van der Waals surface area contributed by atoms with E-state index in [1.165, 1.54) is 29.2 Å². The molecule has 0 radical (unpaired) electrons. The number of hydrogen-bond acceptors (Lipinski definition) is 6. The first-order valence-electron chi connectivity index (χ1n) is 10.3. The smallest absolute Gasteiger partial charge is 0.406 e. The average Bonchev–Trinajstić information content (AvgIpc) is 3.35. The summed E-state index contributed by atoms with van der Waals surface area (Å²) in [5.41, 5.74) is 1.90. The number of pyridine rings is 1. The van der Waals surface area contributed by atoms with Gasteiger partial charge in [0.05, 0.1) is 17.9 Å². The van der Waals surface area contributed by atoms with Gasteiger partial charge in [-0.2, -0.15) is 0 Å². The summed E-state index contributed by atoms with van der Waals surface area (Å²) in [4.78, 5) is 37.6. The Bertz CT molecular complexity index is 1170. The molecule has 1 N–H and O–H groups in total. The molecule has 2 aromatic heterocycles. The third-order valence-electron chi connectivity index (χ3n) is 5.00. The van der Waals surface area contributed by atoms with E-state index in [0.29, 0.717) is 34.4 Å². The molecule has 3 aromatic rings. The van der Waals surface area contributed by atoms with E-state index >= 15 is 0 Å². The first kappa shape index (κ1) is 23.5. The van der Waals surface area contributed by atoms with E-state index in [1.54, 1.807) is 30.2 Å². The number of nitrogens with zero attached hydrogens (tertiary/aromatic N) is 4. The zero-order valence-corrected chi connectivity index (χ0v) is 18.8. The third kappa shape index (κ3) is 5.63. The van der Waals surface area contributed by atoms with Crippen molar-refractivity contribution >= 4 is 28.4 Å². The summed E-state index contributed by atoms with van der Waals surface area (Å²) >= 11 is 1.13. The van der Waals surface area contributed by atoms with Gasteiger partial charge in [0.15, 0.2) is 5.13 Å². The molecule has 34 heavy (non-hydrogen) atoms. The Morgan fingerprint density at radius 1 is 1.18 bits per heavy atom. The summed E-state index contributed by atoms with van der Waals surface area (Å²) in [5, 5.41) is 3.22. The van der Waals surface area contributed by atoms with Crippen molar-refractivity contribution in [2.75, 3.05) is 18.0 Å². The SMILES string of the molecule is Cc1nc(N2CCN(Cc3ccc(OC(F)(F)F)cc3)C2=O)sc1C(=O)NCc1ccccn1. The molecule has 1 saturated heterocycles. The van der Waals surface area contributed by atoms with Gasteiger partial charge >= 0.3 is 12.4 Å². The van der Waals surface area contributed by atoms with Crippen molar-refractivity contribution in [3.8, 4) is 5.75 Å². The Hall–Kier alpha value is -3.67. The highest BCUT2D eigenvalue weighted by molar-refractivity contribution is 7.17. The summed E-state index contributed by atoms with van der Waals surface area (Å²) in [6.45, 7) is 3.01. The lowest BCUT2D eigenvalue weighted by atomic mass is 10.2. The summed E-state index contributed by atoms with van der Waals surface area (Å²) in [6.07, 6.45) is -3.11. The molecule has 178 valence electrons. The summed E-state index contributed by atoms with van der Waals surface area (Å²) in [7, 11) is 0. The number of rotatable bonds is 7. The van der Waals surface area contributed by atoms with Crippen LogP contribution in [0.3, 0.4) is 0 Å². The van der Waals surface area contributed by atoms with Gasteiger partial charge in [0.25, 0.3) is 5.91 Å². The molecule has 0 spiro atoms. The number of aryl methyl sites for hydroxylation is 1. The van der Waals surface area contributed by atoms with Gasteiger partial charge in [0.1, 0.15) is 10.6 Å². The van der Waals surface area contributed by atoms with Gasteiger partial charge in [-0.3, -0.25) is 14.7 Å². The maximum atomic E-state index is 12.9. The number of halogens is 3. The van der Waals surface area contributed by atoms with Crippen LogP contribution in [-0.4, -0.2) is 46.3 Å². The average molecular weight is 491 g/mol. The first-order chi connectivity index (χ1) is 16.2. The number of carbonyl (C=O) groups is 2. The molecular weight excluding hydrogens is 471 g/mol. The molecule has 8 nitrogen and oxygen atoms in total. The maximum absolute atomic E-state index is 12.9. The quantitative estimate of drug-likeness (QED) is 0.537. The second kappa shape index (κ2) is 9.67. The Morgan fingerprint density at radius 2 is 1.94 bits per heavy atom. The number of carbonyl (C=O) groups excluding carboxylic acids is 2. The molecule has 3 amide bonds. The van der Waals surface area contributed by atoms with Crippen molar-refractivity contribution in [1.82, 2.24) is 20.2 Å². The lowest BCUT2D eigenvalue weighted by Gasteiger charge is -2.17. The molecule has 3 heterocycles. The van der Waals surface area contributed by atoms with Crippen LogP contribution in [0.1, 0.15) is 26.6 Å². The summed E-state index contributed by atoms with van der Waals surface area (Å²) in [5.74, 6) is -0.616. The van der Waals surface area contributed by atoms with Crippen molar-refractivity contribution in [3.63, 3.8) is 0 Å². The standard InChI is InChI=1S/C22H20F3N5O3S/c1-14-18(19(31)27-12-16-4-2-3-9-26-16)34-20(28-14)30-11-10-29(21(30)32)13-15-5-7-17(8-6-15)33-22(23,24)25/h2-9H,10-13H2,1H3,(H,27,31). The van der Waals surface area contributed by atoms with Crippen LogP contribution in [0.15, 0.2) is 48.7 Å². The van der Waals surface area contributed by atoms with Crippen molar-refractivity contribution < 1.29 is 27.5 Å². The molecule has 12 heteroatoms. The minimum Gasteiger partial charge on any atom is -0.406 e. The van der Waals surface area contributed by atoms with Crippen molar-refractivity contribution in [1.29, 1.82) is 0 Å². The maximum Gasteiger partial charge on any atom is 0.573 e. The van der Waals surface area contributed by atoms with Gasteiger partial charge in [0.2, 0.25) is 0 Å². The van der Waals surface area contributed by atoms with Crippen LogP contribution >= 0.6 is 11.3 Å². The van der Waals surface area contributed by atoms with Crippen LogP contribution in [0, 0.1) is 6.92 Å². The number of benzene rings is 1. The molecule has 0 bridgehead atoms. The lowest BCUT2D eigenvalue weighted by molar-refractivity contribution is -0.274. The highest BCUT2D eigenvalue weighted by Crippen LogP contribution is 2.30. The van der Waals surface area contributed by atoms with E-state index in [9.17, 15) is 22.8 Å². The van der Waals surface area contributed by atoms with E-state index in [4.69, 9.17) is 0 Å². The number of thiazole rings is 1. The van der Waals surface area contributed by atoms with E-state index in [2.05, 4.69) is 20.0 Å². The number of hydrogen-bond donors (Lipinski definition) is 1. The number of amides is 3. The molecule has 1 aromatic carbocycles. The minimum absolute atomic E-state index is 0.226. The lowest BCUT2D eigenvalue weighted by Crippen LogP contribution is -2.31. The van der Waals surface area contributed by atoms with Gasteiger partial charge in [-0.25, -0.2) is 9.78 Å². The van der Waals surface area contributed by atoms with Crippen molar-refractivity contribution in [2.45, 2.75) is 26.4 Å². The fourth-order valence-corrected chi connectivity index (χ4v) is 4.39. The highest BCUT2D eigenvalue weighted by Gasteiger charge is 2.33. The van der Waals surface area contributed by atoms with Crippen LogP contribution in [0.5, 0.6) is 5.75 Å². The molecule has 1 aliphatic heterocycles. The normalized spacial score (nSPS) is 13.9. The predicted octanol–water partition coefficient (Wildman–Crippen LogP) is 4.12. The predicted molar refractivity (Wildman–Crippen MR) is 119 cm³/mol. The van der Waals surface area contributed by atoms with Crippen LogP contribution in [-0.2, 0) is 13.1 Å². The molecular formula is C22H20F3N5O3S. The van der Waals surface area contributed by atoms with Crippen LogP contribution in [0.25, 0.3) is 0 Å². The van der Waals surface area contributed by atoms with E-state index < -0.39 is 6.36 Å². The fourth-order valence-electron chi connectivity index (χ4n) is 3.39. The van der Waals surface area contributed by atoms with Crippen LogP contribution in [0.2, 0.25) is 0 Å². The number of aromatic nitrogens is 2. The summed E-state index contributed by atoms with van der Waals surface area (Å²) < 4.78 is 40.8. The molecule has 0 unspecified atom stereocenters. The van der Waals surface area contributed by atoms with Gasteiger partial charge in [-0.1, -0.05) is 29.5 Å². The number of nitrogens with one attached hydrogen (secondary N) is 1. The zero-order chi connectivity index (χ0) is 24.3. The van der Waals surface area contributed by atoms with Crippen molar-refractivity contribution in [3.05, 3.63) is 70.5 Å². The summed E-state index contributed by atoms with van der Waals surface area (Å²) in [6, 6.07) is 10.5. The molecule has 0 saturated carbocycles. The fraction of sp³-hybridized carbons (Fsp3) is 0.273. The minimum atomic E-state index is -4.76. The van der Waals surface area contributed by atoms with Gasteiger partial charge in [0, 0.05) is 25.8 Å². The third-order valence-corrected chi connectivity index (χ3v) is 6.18. The largest absolute Gasteiger partial charge is 0.573 e. The number of anilines is 1. The highest BCUT2D eigenvalue weighted by atomic mass is 32.1. The van der Waals surface area contributed by atoms with Crippen LogP contribution in [0.4, 0.5) is 23.1 Å². The molecule has 1 fully saturated rings. The second-order valence-corrected chi connectivity index (χ2v) is 8.44. The zero-order valence-electron chi connectivity index (χ0n) is 18.0. The first-order valence-corrected chi connectivity index (χ1v) is 11.1. The molecule has 0 aliphatic carbocycles. The monoisotopic (exact) mass is 491 g/mol. The van der Waals surface area contributed by atoms with Gasteiger partial charge in [-0.15, -0.1) is 13.2 Å². The molecule has 0 atom stereocenters. The Morgan fingerprint density at radius 3 is 2.62 bits per heavy atom. The molecule has 4 rings (SSSR count). The topological polar surface area (TPSA) is 87.7 Å². The second-order valence-electron chi connectivity index (χ2n) is 7.46. The van der Waals surface area contributed by atoms with E-state index in [1.807, 2.05) is 6.07 Å². The Balaban J connectivity index is 1.37. The number of alkyl halides is 3. The van der Waals surface area contributed by atoms with E-state index in [0.717, 1.165) is 17.0 Å². The Kier molecular flexibility index (Phi) is 6.68.